The number of hydrogen-bond acceptors (Lipinski definition) is 5. The fraction of sp³-hybridized carbons (Fsp3) is 0.333. The molecule has 0 saturated heterocycles. The van der Waals surface area contributed by atoms with Gasteiger partial charge in [0.25, 0.3) is 5.56 Å². The number of aliphatic hydroxyl groups excluding tert-OH is 1. The van der Waals surface area contributed by atoms with E-state index in [0.29, 0.717) is 0 Å². The summed E-state index contributed by atoms with van der Waals surface area (Å²) in [6, 6.07) is 0. The van der Waals surface area contributed by atoms with E-state index in [0.717, 1.165) is 0 Å². The van der Waals surface area contributed by atoms with Gasteiger partial charge in [-0.15, -0.1) is 12.4 Å². The van der Waals surface area contributed by atoms with Crippen LogP contribution in [0.2, 0.25) is 0 Å². The summed E-state index contributed by atoms with van der Waals surface area (Å²) in [5.41, 5.74) is 3.78. The molecule has 6 N–H and O–H groups in total. The number of nitrogen functional groups attached to an aromatic ring is 1. The zero-order valence-corrected chi connectivity index (χ0v) is 8.14. The zero-order valence-electron chi connectivity index (χ0n) is 7.33. The number of aromatic nitrogens is 2. The Morgan fingerprint density at radius 2 is 2.00 bits per heavy atom. The van der Waals surface area contributed by atoms with Crippen LogP contribution in [-0.4, -0.2) is 21.3 Å². The van der Waals surface area contributed by atoms with E-state index >= 15 is 0 Å². The number of nitrogens with two attached hydrogens (primary N) is 1. The summed E-state index contributed by atoms with van der Waals surface area (Å²) in [7, 11) is 0. The van der Waals surface area contributed by atoms with Crippen molar-refractivity contribution >= 4 is 23.9 Å². The van der Waals surface area contributed by atoms with Crippen molar-refractivity contribution < 1.29 is 5.11 Å². The zero-order chi connectivity index (χ0) is 10.0. The Hall–Kier alpha value is -1.47. The first kappa shape index (κ1) is 12.5. The maximum atomic E-state index is 10.9. The van der Waals surface area contributed by atoms with E-state index < -0.39 is 17.5 Å². The first-order chi connectivity index (χ1) is 6.00. The van der Waals surface area contributed by atoms with E-state index in [2.05, 4.69) is 10.3 Å². The monoisotopic (exact) mass is 222 g/mol. The number of aromatic amines is 2. The van der Waals surface area contributed by atoms with Gasteiger partial charge in [-0.1, -0.05) is 0 Å². The van der Waals surface area contributed by atoms with Gasteiger partial charge in [0, 0.05) is 0 Å². The van der Waals surface area contributed by atoms with Gasteiger partial charge in [0.2, 0.25) is 0 Å². The van der Waals surface area contributed by atoms with Crippen molar-refractivity contribution in [2.24, 2.45) is 0 Å². The van der Waals surface area contributed by atoms with Gasteiger partial charge in [-0.3, -0.25) is 14.8 Å². The molecule has 0 radical (unpaired) electrons. The lowest BCUT2D eigenvalue weighted by molar-refractivity contribution is 0.224. The summed E-state index contributed by atoms with van der Waals surface area (Å²) >= 11 is 0. The third kappa shape index (κ3) is 2.79. The van der Waals surface area contributed by atoms with Gasteiger partial charge in [-0.05, 0) is 6.92 Å². The smallest absolute Gasteiger partial charge is 0.327 e. The van der Waals surface area contributed by atoms with E-state index in [4.69, 9.17) is 10.8 Å². The van der Waals surface area contributed by atoms with Crippen molar-refractivity contribution in [2.45, 2.75) is 13.2 Å². The maximum absolute atomic E-state index is 10.9. The van der Waals surface area contributed by atoms with Gasteiger partial charge in [-0.2, -0.15) is 0 Å². The molecule has 0 aromatic carbocycles. The van der Waals surface area contributed by atoms with Crippen molar-refractivity contribution in [3.8, 4) is 0 Å². The molecule has 0 saturated carbocycles. The number of hydrogen-bond donors (Lipinski definition) is 5. The summed E-state index contributed by atoms with van der Waals surface area (Å²) in [6.45, 7) is 1.43. The third-order valence-corrected chi connectivity index (χ3v) is 1.33. The fourth-order valence-electron chi connectivity index (χ4n) is 0.819. The molecule has 0 amide bonds. The van der Waals surface area contributed by atoms with Crippen LogP contribution in [0.5, 0.6) is 0 Å². The summed E-state index contributed by atoms with van der Waals surface area (Å²) in [6.07, 6.45) is -0.903. The number of anilines is 2. The largest absolute Gasteiger partial charge is 0.391 e. The van der Waals surface area contributed by atoms with Gasteiger partial charge in [0.05, 0.1) is 0 Å². The highest BCUT2D eigenvalue weighted by atomic mass is 35.5. The Morgan fingerprint density at radius 1 is 1.43 bits per heavy atom. The van der Waals surface area contributed by atoms with E-state index in [9.17, 15) is 9.59 Å². The molecule has 1 unspecified atom stereocenters. The van der Waals surface area contributed by atoms with Gasteiger partial charge in [-0.25, -0.2) is 4.79 Å². The van der Waals surface area contributed by atoms with Crippen LogP contribution in [0.1, 0.15) is 6.92 Å². The molecule has 0 aliphatic heterocycles. The molecule has 0 aliphatic rings. The predicted molar refractivity (Wildman–Crippen MR) is 54.6 cm³/mol. The highest BCUT2D eigenvalue weighted by Gasteiger charge is 2.05. The molecule has 0 bridgehead atoms. The molecule has 8 heteroatoms. The van der Waals surface area contributed by atoms with Crippen LogP contribution in [0.25, 0.3) is 0 Å². The first-order valence-corrected chi connectivity index (χ1v) is 3.57. The normalized spacial score (nSPS) is 11.6. The fourth-order valence-corrected chi connectivity index (χ4v) is 0.819. The molecule has 7 nitrogen and oxygen atoms in total. The average molecular weight is 223 g/mol. The van der Waals surface area contributed by atoms with Crippen LogP contribution >= 0.6 is 12.4 Å². The quantitative estimate of drug-likeness (QED) is 0.403. The molecule has 1 heterocycles. The Labute approximate surface area is 84.8 Å². The molecule has 14 heavy (non-hydrogen) atoms. The SMILES string of the molecule is CC(O)Nc1[nH]c(=O)[nH]c(=O)c1N.Cl. The molecule has 1 aromatic rings. The average Bonchev–Trinajstić information content (AvgIpc) is 1.98. The second-order valence-corrected chi connectivity index (χ2v) is 2.52. The number of rotatable bonds is 2. The Bertz CT molecular complexity index is 410. The highest BCUT2D eigenvalue weighted by molar-refractivity contribution is 5.85. The molecule has 1 rings (SSSR count). The minimum atomic E-state index is -0.903. The summed E-state index contributed by atoms with van der Waals surface area (Å²) in [5.74, 6) is 0.0174. The van der Waals surface area contributed by atoms with Gasteiger partial charge >= 0.3 is 5.69 Å². The Morgan fingerprint density at radius 3 is 2.50 bits per heavy atom. The van der Waals surface area contributed by atoms with Crippen LogP contribution < -0.4 is 22.3 Å². The minimum Gasteiger partial charge on any atom is -0.391 e. The maximum Gasteiger partial charge on any atom is 0.327 e. The van der Waals surface area contributed by atoms with Crippen molar-refractivity contribution in [3.63, 3.8) is 0 Å². The lowest BCUT2D eigenvalue weighted by atomic mass is 10.4. The lowest BCUT2D eigenvalue weighted by Gasteiger charge is -2.09. The molecule has 1 aromatic heterocycles. The van der Waals surface area contributed by atoms with Gasteiger partial charge < -0.3 is 16.2 Å². The Kier molecular flexibility index (Phi) is 4.19. The van der Waals surface area contributed by atoms with E-state index in [1.54, 1.807) is 0 Å². The molecule has 0 spiro atoms. The molecular formula is C6H11ClN4O3. The summed E-state index contributed by atoms with van der Waals surface area (Å²) < 4.78 is 0. The molecule has 1 atom stereocenters. The van der Waals surface area contributed by atoms with Gasteiger partial charge in [0.1, 0.15) is 17.7 Å². The first-order valence-electron chi connectivity index (χ1n) is 3.57. The third-order valence-electron chi connectivity index (χ3n) is 1.33. The van der Waals surface area contributed by atoms with Gasteiger partial charge in [0.15, 0.2) is 0 Å². The molecular weight excluding hydrogens is 212 g/mol. The molecule has 80 valence electrons. The van der Waals surface area contributed by atoms with E-state index in [1.807, 2.05) is 4.98 Å². The predicted octanol–water partition coefficient (Wildman–Crippen LogP) is -1.18. The van der Waals surface area contributed by atoms with Crippen molar-refractivity contribution in [3.05, 3.63) is 20.8 Å². The Balaban J connectivity index is 0.00000169. The molecule has 0 aliphatic carbocycles. The topological polar surface area (TPSA) is 124 Å². The van der Waals surface area contributed by atoms with Crippen LogP contribution in [0.15, 0.2) is 9.59 Å². The van der Waals surface area contributed by atoms with Crippen molar-refractivity contribution in [2.75, 3.05) is 11.1 Å². The summed E-state index contributed by atoms with van der Waals surface area (Å²) in [5, 5.41) is 11.3. The van der Waals surface area contributed by atoms with Crippen LogP contribution in [-0.2, 0) is 0 Å². The van der Waals surface area contributed by atoms with E-state index in [-0.39, 0.29) is 23.9 Å². The number of H-pyrrole nitrogens is 2. The van der Waals surface area contributed by atoms with E-state index in [1.165, 1.54) is 6.92 Å². The lowest BCUT2D eigenvalue weighted by Crippen LogP contribution is -2.28. The number of aliphatic hydroxyl groups is 1. The minimum absolute atomic E-state index is 0. The van der Waals surface area contributed by atoms with Crippen LogP contribution in [0.3, 0.4) is 0 Å². The van der Waals surface area contributed by atoms with Crippen LogP contribution in [0, 0.1) is 0 Å². The standard InChI is InChI=1S/C6H10N4O3.ClH/c1-2(11)8-4-3(7)5(12)10-6(13)9-4;/h2,11H,7H2,1H3,(H3,8,9,10,12,13);1H. The number of halogens is 1. The molecule has 0 fully saturated rings. The van der Waals surface area contributed by atoms with Crippen molar-refractivity contribution in [1.82, 2.24) is 9.97 Å². The van der Waals surface area contributed by atoms with Crippen LogP contribution in [0.4, 0.5) is 11.5 Å². The number of nitrogens with one attached hydrogen (secondary N) is 3. The second-order valence-electron chi connectivity index (χ2n) is 2.52. The van der Waals surface area contributed by atoms with Crippen molar-refractivity contribution in [1.29, 1.82) is 0 Å². The highest BCUT2D eigenvalue weighted by Crippen LogP contribution is 2.05. The summed E-state index contributed by atoms with van der Waals surface area (Å²) in [4.78, 5) is 25.9. The second kappa shape index (κ2) is 4.68.